The van der Waals surface area contributed by atoms with E-state index >= 15 is 0 Å². The maximum Gasteiger partial charge on any atom is 0.246 e. The van der Waals surface area contributed by atoms with E-state index in [1.807, 2.05) is 17.5 Å². The Bertz CT molecular complexity index is 579. The van der Waals surface area contributed by atoms with Gasteiger partial charge in [0.1, 0.15) is 10.2 Å². The topological polar surface area (TPSA) is 59.1 Å². The van der Waals surface area contributed by atoms with Crippen LogP contribution < -0.4 is 4.72 Å². The van der Waals surface area contributed by atoms with Gasteiger partial charge in [0.05, 0.1) is 0 Å². The van der Waals surface area contributed by atoms with Crippen molar-refractivity contribution in [3.05, 3.63) is 35.8 Å². The molecule has 17 heavy (non-hydrogen) atoms. The number of nitrogens with one attached hydrogen (secondary N) is 1. The number of anilines is 1. The predicted octanol–water partition coefficient (Wildman–Crippen LogP) is 2.75. The van der Waals surface area contributed by atoms with E-state index < -0.39 is 15.2 Å². The molecule has 7 heteroatoms. The fourth-order valence-electron chi connectivity index (χ4n) is 1.25. The molecule has 0 unspecified atom stereocenters. The molecule has 4 nitrogen and oxygen atoms in total. The molecule has 1 aromatic heterocycles. The molecular formula is C10H9ClN2O2S2. The lowest BCUT2D eigenvalue weighted by Gasteiger charge is -2.05. The van der Waals surface area contributed by atoms with Crippen LogP contribution in [0.1, 0.15) is 0 Å². The van der Waals surface area contributed by atoms with Crippen molar-refractivity contribution in [3.63, 3.8) is 0 Å². The Kier molecular flexibility index (Phi) is 3.66. The monoisotopic (exact) mass is 288 g/mol. The zero-order chi connectivity index (χ0) is 12.3. The highest BCUT2D eigenvalue weighted by Crippen LogP contribution is 2.23. The third-order valence-corrected chi connectivity index (χ3v) is 4.50. The number of hydrogen-bond donors (Lipinski definition) is 1. The molecule has 0 aliphatic carbocycles. The molecule has 0 atom stereocenters. The number of aromatic nitrogens is 1. The fraction of sp³-hybridized carbons (Fsp3) is 0.100. The van der Waals surface area contributed by atoms with Crippen molar-refractivity contribution in [2.75, 3.05) is 9.93 Å². The standard InChI is InChI=1S/C10H9ClN2O2S2/c11-7-17(14,15)13-9-3-1-8(2-4-9)10-12-5-6-16-10/h1-6,13H,7H2. The average Bonchev–Trinajstić information content (AvgIpc) is 2.83. The van der Waals surface area contributed by atoms with Gasteiger partial charge in [-0.15, -0.1) is 22.9 Å². The van der Waals surface area contributed by atoms with E-state index in [1.165, 1.54) is 11.3 Å². The average molecular weight is 289 g/mol. The molecule has 1 N–H and O–H groups in total. The van der Waals surface area contributed by atoms with Gasteiger partial charge in [0.15, 0.2) is 0 Å². The van der Waals surface area contributed by atoms with Gasteiger partial charge in [0, 0.05) is 22.8 Å². The first kappa shape index (κ1) is 12.3. The van der Waals surface area contributed by atoms with Gasteiger partial charge < -0.3 is 0 Å². The van der Waals surface area contributed by atoms with Crippen molar-refractivity contribution in [1.29, 1.82) is 0 Å². The van der Waals surface area contributed by atoms with Crippen LogP contribution in [0.15, 0.2) is 35.8 Å². The number of thiazole rings is 1. The normalized spacial score (nSPS) is 11.4. The summed E-state index contributed by atoms with van der Waals surface area (Å²) in [5, 5.41) is 2.33. The fourth-order valence-corrected chi connectivity index (χ4v) is 2.61. The van der Waals surface area contributed by atoms with Crippen molar-refractivity contribution in [2.45, 2.75) is 0 Å². The summed E-state index contributed by atoms with van der Waals surface area (Å²) in [6.07, 6.45) is 1.73. The molecule has 1 aromatic carbocycles. The first-order valence-electron chi connectivity index (χ1n) is 4.67. The first-order chi connectivity index (χ1) is 8.11. The van der Waals surface area contributed by atoms with Crippen LogP contribution in [0, 0.1) is 0 Å². The largest absolute Gasteiger partial charge is 0.283 e. The van der Waals surface area contributed by atoms with Crippen molar-refractivity contribution >= 4 is 38.6 Å². The van der Waals surface area contributed by atoms with Gasteiger partial charge >= 0.3 is 0 Å². The summed E-state index contributed by atoms with van der Waals surface area (Å²) in [6, 6.07) is 6.98. The van der Waals surface area contributed by atoms with E-state index in [4.69, 9.17) is 11.6 Å². The maximum absolute atomic E-state index is 11.2. The highest BCUT2D eigenvalue weighted by atomic mass is 35.5. The van der Waals surface area contributed by atoms with Crippen molar-refractivity contribution in [3.8, 4) is 10.6 Å². The van der Waals surface area contributed by atoms with Gasteiger partial charge in [-0.1, -0.05) is 0 Å². The number of hydrogen-bond acceptors (Lipinski definition) is 4. The van der Waals surface area contributed by atoms with Crippen molar-refractivity contribution in [1.82, 2.24) is 4.98 Å². The SMILES string of the molecule is O=S(=O)(CCl)Nc1ccc(-c2nccs2)cc1. The van der Waals surface area contributed by atoms with Crippen LogP contribution in [-0.4, -0.2) is 18.6 Å². The number of benzene rings is 1. The quantitative estimate of drug-likeness (QED) is 0.880. The number of alkyl halides is 1. The molecule has 0 spiro atoms. The van der Waals surface area contributed by atoms with E-state index in [1.54, 1.807) is 18.3 Å². The lowest BCUT2D eigenvalue weighted by Crippen LogP contribution is -2.13. The molecule has 0 saturated heterocycles. The van der Waals surface area contributed by atoms with E-state index in [-0.39, 0.29) is 0 Å². The molecule has 0 aliphatic heterocycles. The third kappa shape index (κ3) is 3.18. The van der Waals surface area contributed by atoms with Gasteiger partial charge in [-0.25, -0.2) is 13.4 Å². The summed E-state index contributed by atoms with van der Waals surface area (Å²) in [4.78, 5) is 4.17. The van der Waals surface area contributed by atoms with Gasteiger partial charge in [-0.05, 0) is 24.3 Å². The Morgan fingerprint density at radius 3 is 2.53 bits per heavy atom. The van der Waals surface area contributed by atoms with Gasteiger partial charge in [-0.2, -0.15) is 0 Å². The summed E-state index contributed by atoms with van der Waals surface area (Å²) in [5.74, 6) is 0. The second-order valence-electron chi connectivity index (χ2n) is 3.24. The number of rotatable bonds is 4. The van der Waals surface area contributed by atoms with Crippen LogP contribution in [0.4, 0.5) is 5.69 Å². The zero-order valence-electron chi connectivity index (χ0n) is 8.63. The van der Waals surface area contributed by atoms with E-state index in [9.17, 15) is 8.42 Å². The Balaban J connectivity index is 2.19. The molecule has 2 rings (SSSR count). The van der Waals surface area contributed by atoms with E-state index in [0.29, 0.717) is 5.69 Å². The summed E-state index contributed by atoms with van der Waals surface area (Å²) in [6.45, 7) is 0. The summed E-state index contributed by atoms with van der Waals surface area (Å²) >= 11 is 6.83. The minimum atomic E-state index is -3.44. The molecule has 90 valence electrons. The second kappa shape index (κ2) is 5.03. The highest BCUT2D eigenvalue weighted by molar-refractivity contribution is 7.93. The van der Waals surface area contributed by atoms with Crippen molar-refractivity contribution < 1.29 is 8.42 Å². The maximum atomic E-state index is 11.2. The molecule has 2 aromatic rings. The van der Waals surface area contributed by atoms with Gasteiger partial charge in [0.25, 0.3) is 0 Å². The molecule has 1 heterocycles. The van der Waals surface area contributed by atoms with Crippen molar-refractivity contribution in [2.24, 2.45) is 0 Å². The molecule has 0 bridgehead atoms. The minimum Gasteiger partial charge on any atom is -0.283 e. The Labute approximate surface area is 108 Å². The lowest BCUT2D eigenvalue weighted by atomic mass is 10.2. The number of nitrogens with zero attached hydrogens (tertiary/aromatic N) is 1. The molecular weight excluding hydrogens is 280 g/mol. The zero-order valence-corrected chi connectivity index (χ0v) is 11.0. The van der Waals surface area contributed by atoms with E-state index in [2.05, 4.69) is 9.71 Å². The number of halogens is 1. The summed E-state index contributed by atoms with van der Waals surface area (Å²) in [7, 11) is -3.44. The molecule has 0 saturated carbocycles. The van der Waals surface area contributed by atoms with Crippen LogP contribution in [0.5, 0.6) is 0 Å². The van der Waals surface area contributed by atoms with E-state index in [0.717, 1.165) is 10.6 Å². The van der Waals surface area contributed by atoms with Crippen LogP contribution in [0.25, 0.3) is 10.6 Å². The summed E-state index contributed by atoms with van der Waals surface area (Å²) in [5.41, 5.74) is 1.44. The first-order valence-corrected chi connectivity index (χ1v) is 7.74. The smallest absolute Gasteiger partial charge is 0.246 e. The molecule has 0 aliphatic rings. The Morgan fingerprint density at radius 2 is 2.00 bits per heavy atom. The van der Waals surface area contributed by atoms with Crippen LogP contribution >= 0.6 is 22.9 Å². The highest BCUT2D eigenvalue weighted by Gasteiger charge is 2.08. The second-order valence-corrected chi connectivity index (χ2v) is 6.44. The van der Waals surface area contributed by atoms with Gasteiger partial charge in [-0.3, -0.25) is 4.72 Å². The Morgan fingerprint density at radius 1 is 1.29 bits per heavy atom. The Hall–Kier alpha value is -1.11. The predicted molar refractivity (Wildman–Crippen MR) is 70.8 cm³/mol. The lowest BCUT2D eigenvalue weighted by molar-refractivity contribution is 0.605. The third-order valence-electron chi connectivity index (χ3n) is 1.98. The summed E-state index contributed by atoms with van der Waals surface area (Å²) < 4.78 is 24.8. The van der Waals surface area contributed by atoms with Gasteiger partial charge in [0.2, 0.25) is 10.0 Å². The van der Waals surface area contributed by atoms with Crippen LogP contribution in [-0.2, 0) is 10.0 Å². The molecule has 0 radical (unpaired) electrons. The molecule has 0 fully saturated rings. The minimum absolute atomic E-state index is 0.457. The number of sulfonamides is 1. The van der Waals surface area contributed by atoms with Crippen LogP contribution in [0.2, 0.25) is 0 Å². The molecule has 0 amide bonds. The van der Waals surface area contributed by atoms with Crippen LogP contribution in [0.3, 0.4) is 0 Å².